The van der Waals surface area contributed by atoms with Crippen molar-refractivity contribution in [2.24, 2.45) is 16.0 Å². The standard InChI is InChI=1S/C13H15N3S/c1-13(7-10-5-3-2-4-6-10)8-11(12(14)17)9-15-16-13/h2-6,8H,7,9H2,1H3,(H2,14,17). The Morgan fingerprint density at radius 2 is 2.12 bits per heavy atom. The minimum absolute atomic E-state index is 0.335. The quantitative estimate of drug-likeness (QED) is 0.832. The highest BCUT2D eigenvalue weighted by atomic mass is 32.1. The van der Waals surface area contributed by atoms with Gasteiger partial charge < -0.3 is 5.73 Å². The zero-order chi connectivity index (χ0) is 12.3. The van der Waals surface area contributed by atoms with Crippen LogP contribution in [0.2, 0.25) is 0 Å². The lowest BCUT2D eigenvalue weighted by atomic mass is 9.90. The van der Waals surface area contributed by atoms with Gasteiger partial charge in [-0.1, -0.05) is 42.5 Å². The number of azo groups is 1. The van der Waals surface area contributed by atoms with E-state index in [1.54, 1.807) is 0 Å². The van der Waals surface area contributed by atoms with Gasteiger partial charge in [-0.3, -0.25) is 0 Å². The Kier molecular flexibility index (Phi) is 3.33. The molecule has 1 aromatic rings. The molecule has 0 spiro atoms. The van der Waals surface area contributed by atoms with Gasteiger partial charge in [-0.2, -0.15) is 10.2 Å². The molecule has 1 unspecified atom stereocenters. The van der Waals surface area contributed by atoms with E-state index in [2.05, 4.69) is 22.4 Å². The van der Waals surface area contributed by atoms with Crippen molar-refractivity contribution in [2.45, 2.75) is 18.9 Å². The van der Waals surface area contributed by atoms with Crippen molar-refractivity contribution in [3.05, 3.63) is 47.5 Å². The summed E-state index contributed by atoms with van der Waals surface area (Å²) in [6.07, 6.45) is 2.85. The number of rotatable bonds is 3. The predicted molar refractivity (Wildman–Crippen MR) is 73.1 cm³/mol. The van der Waals surface area contributed by atoms with Crippen molar-refractivity contribution >= 4 is 17.2 Å². The first-order valence-corrected chi connectivity index (χ1v) is 5.94. The molecule has 1 aromatic carbocycles. The van der Waals surface area contributed by atoms with Crippen LogP contribution in [-0.2, 0) is 6.42 Å². The van der Waals surface area contributed by atoms with Gasteiger partial charge in [-0.05, 0) is 18.6 Å². The largest absolute Gasteiger partial charge is 0.390 e. The monoisotopic (exact) mass is 245 g/mol. The topological polar surface area (TPSA) is 50.7 Å². The highest BCUT2D eigenvalue weighted by Crippen LogP contribution is 2.25. The molecule has 1 heterocycles. The zero-order valence-electron chi connectivity index (χ0n) is 9.76. The molecular weight excluding hydrogens is 230 g/mol. The molecule has 0 aliphatic carbocycles. The number of benzene rings is 1. The normalized spacial score (nSPS) is 23.2. The molecule has 0 aromatic heterocycles. The average molecular weight is 245 g/mol. The van der Waals surface area contributed by atoms with E-state index >= 15 is 0 Å². The van der Waals surface area contributed by atoms with Gasteiger partial charge in [0.2, 0.25) is 0 Å². The van der Waals surface area contributed by atoms with E-state index < -0.39 is 0 Å². The Labute approximate surface area is 106 Å². The van der Waals surface area contributed by atoms with Gasteiger partial charge in [0.05, 0.1) is 6.54 Å². The molecule has 1 atom stereocenters. The van der Waals surface area contributed by atoms with Crippen LogP contribution >= 0.6 is 12.2 Å². The number of nitrogens with two attached hydrogens (primary N) is 1. The summed E-state index contributed by atoms with van der Waals surface area (Å²) in [5, 5.41) is 8.44. The minimum atomic E-state index is -0.335. The molecule has 0 saturated carbocycles. The van der Waals surface area contributed by atoms with Crippen LogP contribution < -0.4 is 5.73 Å². The molecule has 17 heavy (non-hydrogen) atoms. The van der Waals surface area contributed by atoms with E-state index in [0.29, 0.717) is 11.5 Å². The predicted octanol–water partition coefficient (Wildman–Crippen LogP) is 2.67. The summed E-state index contributed by atoms with van der Waals surface area (Å²) in [6.45, 7) is 2.54. The van der Waals surface area contributed by atoms with Crippen molar-refractivity contribution in [1.29, 1.82) is 0 Å². The van der Waals surface area contributed by atoms with Crippen molar-refractivity contribution in [2.75, 3.05) is 6.54 Å². The van der Waals surface area contributed by atoms with Gasteiger partial charge in [0.1, 0.15) is 10.5 Å². The highest BCUT2D eigenvalue weighted by molar-refractivity contribution is 7.80. The van der Waals surface area contributed by atoms with Crippen LogP contribution in [0.25, 0.3) is 0 Å². The first kappa shape index (κ1) is 11.9. The van der Waals surface area contributed by atoms with Gasteiger partial charge in [0, 0.05) is 12.0 Å². The lowest BCUT2D eigenvalue weighted by Gasteiger charge is -2.24. The van der Waals surface area contributed by atoms with E-state index in [-0.39, 0.29) is 5.54 Å². The van der Waals surface area contributed by atoms with E-state index in [0.717, 1.165) is 12.0 Å². The molecule has 0 fully saturated rings. The van der Waals surface area contributed by atoms with Crippen LogP contribution in [0.1, 0.15) is 12.5 Å². The summed E-state index contributed by atoms with van der Waals surface area (Å²) >= 11 is 4.99. The fourth-order valence-electron chi connectivity index (χ4n) is 1.97. The fraction of sp³-hybridized carbons (Fsp3) is 0.308. The summed E-state index contributed by atoms with van der Waals surface area (Å²) in [4.78, 5) is 0.419. The van der Waals surface area contributed by atoms with Crippen LogP contribution in [0, 0.1) is 0 Å². The molecule has 0 radical (unpaired) electrons. The summed E-state index contributed by atoms with van der Waals surface area (Å²) in [6, 6.07) is 10.2. The van der Waals surface area contributed by atoms with Gasteiger partial charge in [-0.25, -0.2) is 0 Å². The van der Waals surface area contributed by atoms with Crippen LogP contribution in [0.4, 0.5) is 0 Å². The third-order valence-electron chi connectivity index (χ3n) is 2.75. The summed E-state index contributed by atoms with van der Waals surface area (Å²) < 4.78 is 0. The molecule has 1 aliphatic rings. The second-order valence-electron chi connectivity index (χ2n) is 4.45. The first-order chi connectivity index (χ1) is 8.09. The number of nitrogens with zero attached hydrogens (tertiary/aromatic N) is 2. The molecule has 4 heteroatoms. The van der Waals surface area contributed by atoms with Crippen LogP contribution in [0.3, 0.4) is 0 Å². The van der Waals surface area contributed by atoms with E-state index in [1.165, 1.54) is 5.56 Å². The van der Waals surface area contributed by atoms with Crippen LogP contribution in [-0.4, -0.2) is 17.1 Å². The van der Waals surface area contributed by atoms with Gasteiger partial charge in [0.15, 0.2) is 0 Å². The zero-order valence-corrected chi connectivity index (χ0v) is 10.6. The second kappa shape index (κ2) is 4.75. The Morgan fingerprint density at radius 1 is 1.41 bits per heavy atom. The molecule has 2 N–H and O–H groups in total. The van der Waals surface area contributed by atoms with Crippen molar-refractivity contribution in [3.63, 3.8) is 0 Å². The van der Waals surface area contributed by atoms with Crippen LogP contribution in [0.15, 0.2) is 52.2 Å². The summed E-state index contributed by atoms with van der Waals surface area (Å²) in [7, 11) is 0. The van der Waals surface area contributed by atoms with Crippen molar-refractivity contribution < 1.29 is 0 Å². The third-order valence-corrected chi connectivity index (χ3v) is 3.01. The Hall–Kier alpha value is -1.55. The van der Waals surface area contributed by atoms with E-state index in [4.69, 9.17) is 18.0 Å². The lowest BCUT2D eigenvalue weighted by molar-refractivity contribution is 0.530. The molecule has 0 saturated heterocycles. The summed E-state index contributed by atoms with van der Waals surface area (Å²) in [5.41, 5.74) is 7.45. The minimum Gasteiger partial charge on any atom is -0.390 e. The molecule has 2 rings (SSSR count). The Morgan fingerprint density at radius 3 is 2.76 bits per heavy atom. The van der Waals surface area contributed by atoms with Gasteiger partial charge in [0.25, 0.3) is 0 Å². The van der Waals surface area contributed by atoms with Gasteiger partial charge >= 0.3 is 0 Å². The Bertz CT molecular complexity index is 479. The molecular formula is C13H15N3S. The fourth-order valence-corrected chi connectivity index (χ4v) is 2.09. The average Bonchev–Trinajstić information content (AvgIpc) is 2.29. The number of hydrogen-bond donors (Lipinski definition) is 1. The maximum Gasteiger partial charge on any atom is 0.101 e. The number of thiocarbonyl (C=S) groups is 1. The first-order valence-electron chi connectivity index (χ1n) is 5.53. The second-order valence-corrected chi connectivity index (χ2v) is 4.89. The van der Waals surface area contributed by atoms with Crippen LogP contribution in [0.5, 0.6) is 0 Å². The van der Waals surface area contributed by atoms with E-state index in [1.807, 2.05) is 31.2 Å². The molecule has 0 amide bonds. The van der Waals surface area contributed by atoms with Crippen molar-refractivity contribution in [3.8, 4) is 0 Å². The SMILES string of the molecule is CC1(Cc2ccccc2)C=C(C(N)=S)CN=N1. The smallest absolute Gasteiger partial charge is 0.101 e. The van der Waals surface area contributed by atoms with Gasteiger partial charge in [-0.15, -0.1) is 0 Å². The maximum atomic E-state index is 5.64. The lowest BCUT2D eigenvalue weighted by Crippen LogP contribution is -2.28. The third kappa shape index (κ3) is 2.97. The highest BCUT2D eigenvalue weighted by Gasteiger charge is 2.25. The number of hydrogen-bond acceptors (Lipinski definition) is 3. The van der Waals surface area contributed by atoms with Crippen molar-refractivity contribution in [1.82, 2.24) is 0 Å². The van der Waals surface area contributed by atoms with E-state index in [9.17, 15) is 0 Å². The molecule has 88 valence electrons. The molecule has 1 aliphatic heterocycles. The maximum absolute atomic E-state index is 5.64. The molecule has 0 bridgehead atoms. The summed E-state index contributed by atoms with van der Waals surface area (Å²) in [5.74, 6) is 0. The Balaban J connectivity index is 2.22. The molecule has 3 nitrogen and oxygen atoms in total.